The lowest BCUT2D eigenvalue weighted by Crippen LogP contribution is -2.27. The van der Waals surface area contributed by atoms with E-state index in [1.807, 2.05) is 0 Å². The van der Waals surface area contributed by atoms with Gasteiger partial charge in [-0.15, -0.1) is 0 Å². The van der Waals surface area contributed by atoms with E-state index in [4.69, 9.17) is 4.74 Å². The first-order valence-corrected chi connectivity index (χ1v) is 8.78. The van der Waals surface area contributed by atoms with Gasteiger partial charge in [-0.3, -0.25) is 0 Å². The second kappa shape index (κ2) is 6.09. The molecule has 1 nitrogen and oxygen atoms in total. The van der Waals surface area contributed by atoms with E-state index >= 15 is 0 Å². The molecule has 2 heteroatoms. The normalized spacial score (nSPS) is 18.2. The minimum Gasteiger partial charge on any atom is -0.493 e. The first-order chi connectivity index (χ1) is 9.36. The van der Waals surface area contributed by atoms with Crippen LogP contribution in [-0.4, -0.2) is 11.9 Å². The summed E-state index contributed by atoms with van der Waals surface area (Å²) in [7, 11) is 0. The van der Waals surface area contributed by atoms with Crippen molar-refractivity contribution in [3.8, 4) is 5.75 Å². The van der Waals surface area contributed by atoms with Gasteiger partial charge in [-0.2, -0.15) is 0 Å². The van der Waals surface area contributed by atoms with Crippen molar-refractivity contribution in [2.75, 3.05) is 11.9 Å². The topological polar surface area (TPSA) is 9.23 Å². The summed E-state index contributed by atoms with van der Waals surface area (Å²) in [5.74, 6) is 1.07. The summed E-state index contributed by atoms with van der Waals surface area (Å²) < 4.78 is 6.27. The maximum Gasteiger partial charge on any atom is 0.123 e. The van der Waals surface area contributed by atoms with Gasteiger partial charge in [-0.05, 0) is 36.8 Å². The summed E-state index contributed by atoms with van der Waals surface area (Å²) >= 11 is 3.70. The van der Waals surface area contributed by atoms with Gasteiger partial charge >= 0.3 is 0 Å². The summed E-state index contributed by atoms with van der Waals surface area (Å²) in [4.78, 5) is 0. The second-order valence-electron chi connectivity index (χ2n) is 7.38. The fourth-order valence-corrected chi connectivity index (χ4v) is 3.75. The molecule has 0 N–H and O–H groups in total. The minimum absolute atomic E-state index is 0.124. The SMILES string of the molecule is Cc1ccc(OCC2(CBr)CCCC2)c(C(C)(C)C)c1. The zero-order valence-corrected chi connectivity index (χ0v) is 14.8. The summed E-state index contributed by atoms with van der Waals surface area (Å²) in [5.41, 5.74) is 3.09. The van der Waals surface area contributed by atoms with Crippen LogP contribution in [0, 0.1) is 12.3 Å². The molecular weight excluding hydrogens is 312 g/mol. The third-order valence-electron chi connectivity index (χ3n) is 4.42. The molecule has 0 spiro atoms. The Morgan fingerprint density at radius 2 is 1.85 bits per heavy atom. The van der Waals surface area contributed by atoms with Crippen molar-refractivity contribution in [2.24, 2.45) is 5.41 Å². The third-order valence-corrected chi connectivity index (χ3v) is 5.61. The van der Waals surface area contributed by atoms with Gasteiger partial charge in [0.2, 0.25) is 0 Å². The van der Waals surface area contributed by atoms with E-state index in [2.05, 4.69) is 61.8 Å². The molecule has 1 aromatic rings. The molecule has 0 radical (unpaired) electrons. The zero-order chi connectivity index (χ0) is 14.8. The Hall–Kier alpha value is -0.500. The molecule has 2 rings (SSSR count). The Morgan fingerprint density at radius 3 is 2.40 bits per heavy atom. The van der Waals surface area contributed by atoms with Crippen molar-refractivity contribution < 1.29 is 4.74 Å². The minimum atomic E-state index is 0.124. The second-order valence-corrected chi connectivity index (χ2v) is 7.94. The van der Waals surface area contributed by atoms with Crippen LogP contribution in [0.2, 0.25) is 0 Å². The first-order valence-electron chi connectivity index (χ1n) is 7.66. The standard InChI is InChI=1S/C18H27BrO/c1-14-7-8-16(15(11-14)17(2,3)4)20-13-18(12-19)9-5-6-10-18/h7-8,11H,5-6,9-10,12-13H2,1-4H3. The van der Waals surface area contributed by atoms with E-state index in [0.29, 0.717) is 5.41 Å². The monoisotopic (exact) mass is 338 g/mol. The quantitative estimate of drug-likeness (QED) is 0.646. The molecule has 0 atom stereocenters. The van der Waals surface area contributed by atoms with Gasteiger partial charge in [0.1, 0.15) is 5.75 Å². The van der Waals surface area contributed by atoms with Crippen molar-refractivity contribution >= 4 is 15.9 Å². The van der Waals surface area contributed by atoms with E-state index in [9.17, 15) is 0 Å². The van der Waals surface area contributed by atoms with E-state index in [1.165, 1.54) is 36.8 Å². The van der Waals surface area contributed by atoms with Crippen LogP contribution in [0.25, 0.3) is 0 Å². The van der Waals surface area contributed by atoms with Crippen LogP contribution >= 0.6 is 15.9 Å². The molecule has 0 bridgehead atoms. The van der Waals surface area contributed by atoms with Gasteiger partial charge in [0, 0.05) is 10.7 Å². The highest BCUT2D eigenvalue weighted by Gasteiger charge is 2.34. The molecule has 0 heterocycles. The van der Waals surface area contributed by atoms with E-state index in [1.54, 1.807) is 0 Å². The average molecular weight is 339 g/mol. The van der Waals surface area contributed by atoms with Crippen molar-refractivity contribution in [1.29, 1.82) is 0 Å². The smallest absolute Gasteiger partial charge is 0.123 e. The molecule has 0 unspecified atom stereocenters. The fourth-order valence-electron chi connectivity index (χ4n) is 3.03. The Morgan fingerprint density at radius 1 is 1.20 bits per heavy atom. The molecule has 112 valence electrons. The molecule has 1 aromatic carbocycles. The molecule has 1 aliphatic rings. The zero-order valence-electron chi connectivity index (χ0n) is 13.3. The summed E-state index contributed by atoms with van der Waals surface area (Å²) in [6.45, 7) is 9.75. The van der Waals surface area contributed by atoms with Crippen LogP contribution in [0.5, 0.6) is 5.75 Å². The summed E-state index contributed by atoms with van der Waals surface area (Å²) in [6, 6.07) is 6.57. The number of aryl methyl sites for hydroxylation is 1. The number of hydrogen-bond donors (Lipinski definition) is 0. The summed E-state index contributed by atoms with van der Waals surface area (Å²) in [5, 5.41) is 1.05. The Labute approximate surface area is 132 Å². The largest absolute Gasteiger partial charge is 0.493 e. The van der Waals surface area contributed by atoms with Gasteiger partial charge in [0.25, 0.3) is 0 Å². The molecule has 1 aliphatic carbocycles. The van der Waals surface area contributed by atoms with Crippen LogP contribution in [0.3, 0.4) is 0 Å². The van der Waals surface area contributed by atoms with Crippen molar-refractivity contribution in [1.82, 2.24) is 0 Å². The Kier molecular flexibility index (Phi) is 4.84. The molecular formula is C18H27BrO. The average Bonchev–Trinajstić information content (AvgIpc) is 2.86. The third kappa shape index (κ3) is 3.58. The van der Waals surface area contributed by atoms with E-state index in [-0.39, 0.29) is 5.41 Å². The lowest BCUT2D eigenvalue weighted by molar-refractivity contribution is 0.171. The van der Waals surface area contributed by atoms with E-state index in [0.717, 1.165) is 17.7 Å². The number of halogens is 1. The lowest BCUT2D eigenvalue weighted by Gasteiger charge is -2.29. The molecule has 0 aromatic heterocycles. The molecule has 0 aliphatic heterocycles. The van der Waals surface area contributed by atoms with Crippen LogP contribution in [0.15, 0.2) is 18.2 Å². The van der Waals surface area contributed by atoms with Crippen LogP contribution in [0.1, 0.15) is 57.6 Å². The number of hydrogen-bond acceptors (Lipinski definition) is 1. The van der Waals surface area contributed by atoms with Gasteiger partial charge in [-0.25, -0.2) is 0 Å². The number of ether oxygens (including phenoxy) is 1. The fraction of sp³-hybridized carbons (Fsp3) is 0.667. The molecule has 0 amide bonds. The van der Waals surface area contributed by atoms with Gasteiger partial charge in [0.15, 0.2) is 0 Å². The Balaban J connectivity index is 2.17. The lowest BCUT2D eigenvalue weighted by atomic mass is 9.85. The number of benzene rings is 1. The molecule has 1 fully saturated rings. The van der Waals surface area contributed by atoms with Crippen molar-refractivity contribution in [2.45, 2.75) is 58.8 Å². The number of alkyl halides is 1. The summed E-state index contributed by atoms with van der Waals surface area (Å²) in [6.07, 6.45) is 5.26. The molecule has 0 saturated heterocycles. The first kappa shape index (κ1) is 15.9. The molecule has 1 saturated carbocycles. The Bertz CT molecular complexity index is 453. The van der Waals surface area contributed by atoms with Crippen LogP contribution < -0.4 is 4.74 Å². The predicted octanol–water partition coefficient (Wildman–Crippen LogP) is 5.63. The van der Waals surface area contributed by atoms with Crippen LogP contribution in [-0.2, 0) is 5.41 Å². The maximum absolute atomic E-state index is 6.27. The molecule has 20 heavy (non-hydrogen) atoms. The van der Waals surface area contributed by atoms with Gasteiger partial charge in [-0.1, -0.05) is 67.2 Å². The maximum atomic E-state index is 6.27. The van der Waals surface area contributed by atoms with Crippen molar-refractivity contribution in [3.63, 3.8) is 0 Å². The predicted molar refractivity (Wildman–Crippen MR) is 90.1 cm³/mol. The van der Waals surface area contributed by atoms with Crippen LogP contribution in [0.4, 0.5) is 0 Å². The highest BCUT2D eigenvalue weighted by atomic mass is 79.9. The highest BCUT2D eigenvalue weighted by Crippen LogP contribution is 2.41. The number of rotatable bonds is 4. The van der Waals surface area contributed by atoms with E-state index < -0.39 is 0 Å². The van der Waals surface area contributed by atoms with Gasteiger partial charge in [0.05, 0.1) is 6.61 Å². The highest BCUT2D eigenvalue weighted by molar-refractivity contribution is 9.09. The van der Waals surface area contributed by atoms with Gasteiger partial charge < -0.3 is 4.74 Å². The van der Waals surface area contributed by atoms with Crippen molar-refractivity contribution in [3.05, 3.63) is 29.3 Å².